The summed E-state index contributed by atoms with van der Waals surface area (Å²) in [4.78, 5) is 15.9. The van der Waals surface area contributed by atoms with Gasteiger partial charge in [-0.15, -0.1) is 11.3 Å². The molecule has 1 unspecified atom stereocenters. The predicted octanol–water partition coefficient (Wildman–Crippen LogP) is 4.56. The number of nitrogens with zero attached hydrogens (tertiary/aromatic N) is 2. The predicted molar refractivity (Wildman–Crippen MR) is 112 cm³/mol. The molecule has 1 amide bonds. The molecule has 2 aromatic carbocycles. The first-order valence-corrected chi connectivity index (χ1v) is 9.70. The van der Waals surface area contributed by atoms with Crippen LogP contribution in [0.1, 0.15) is 26.8 Å². The van der Waals surface area contributed by atoms with Gasteiger partial charge in [-0.3, -0.25) is 10.2 Å². The van der Waals surface area contributed by atoms with Gasteiger partial charge in [0, 0.05) is 19.8 Å². The molecule has 3 aromatic rings. The fourth-order valence-electron chi connectivity index (χ4n) is 3.16. The fraction of sp³-hybridized carbons (Fsp3) is 0.136. The second-order valence-electron chi connectivity index (χ2n) is 6.64. The van der Waals surface area contributed by atoms with Crippen molar-refractivity contribution in [2.45, 2.75) is 6.04 Å². The molecule has 1 N–H and O–H groups in total. The van der Waals surface area contributed by atoms with Crippen LogP contribution in [-0.4, -0.2) is 25.0 Å². The number of rotatable bonds is 4. The molecule has 1 aliphatic heterocycles. The van der Waals surface area contributed by atoms with Gasteiger partial charge in [-0.05, 0) is 40.8 Å². The van der Waals surface area contributed by atoms with Gasteiger partial charge < -0.3 is 4.90 Å². The molecule has 1 aliphatic rings. The minimum absolute atomic E-state index is 0.0196. The molecule has 0 aliphatic carbocycles. The topological polar surface area (TPSA) is 35.6 Å². The lowest BCUT2D eigenvalue weighted by Gasteiger charge is -2.25. The maximum Gasteiger partial charge on any atom is 0.283 e. The van der Waals surface area contributed by atoms with E-state index in [9.17, 15) is 4.79 Å². The summed E-state index contributed by atoms with van der Waals surface area (Å²) in [6, 6.07) is 22.0. The molecule has 2 heterocycles. The Bertz CT molecular complexity index is 947. The lowest BCUT2D eigenvalue weighted by Crippen LogP contribution is -2.39. The summed E-state index contributed by atoms with van der Waals surface area (Å²) in [5.74, 6) is -0.0196. The van der Waals surface area contributed by atoms with Crippen LogP contribution in [0.15, 0.2) is 78.2 Å². The van der Waals surface area contributed by atoms with E-state index in [-0.39, 0.29) is 11.9 Å². The van der Waals surface area contributed by atoms with Crippen molar-refractivity contribution in [2.24, 2.45) is 0 Å². The van der Waals surface area contributed by atoms with E-state index >= 15 is 0 Å². The molecule has 0 spiro atoms. The maximum absolute atomic E-state index is 13.1. The first-order valence-electron chi connectivity index (χ1n) is 8.82. The SMILES string of the molecule is CN(C)c1ccc(C2C=C(c3ccccc3)NN2C(=O)c2cccs2)cc1. The number of hydrazine groups is 1. The zero-order valence-corrected chi connectivity index (χ0v) is 16.1. The number of carbonyl (C=O) groups is 1. The lowest BCUT2D eigenvalue weighted by molar-refractivity contribution is 0.0677. The zero-order valence-electron chi connectivity index (χ0n) is 15.3. The van der Waals surface area contributed by atoms with Crippen molar-refractivity contribution in [3.63, 3.8) is 0 Å². The number of carbonyl (C=O) groups excluding carboxylic acids is 1. The average Bonchev–Trinajstić information content (AvgIpc) is 3.38. The third-order valence-electron chi connectivity index (χ3n) is 4.63. The highest BCUT2D eigenvalue weighted by Gasteiger charge is 2.31. The van der Waals surface area contributed by atoms with Gasteiger partial charge in [-0.25, -0.2) is 5.01 Å². The van der Waals surface area contributed by atoms with Gasteiger partial charge in [0.2, 0.25) is 0 Å². The molecular weight excluding hydrogens is 354 g/mol. The minimum Gasteiger partial charge on any atom is -0.378 e. The average molecular weight is 375 g/mol. The van der Waals surface area contributed by atoms with Crippen LogP contribution in [0.5, 0.6) is 0 Å². The third kappa shape index (κ3) is 3.46. The highest BCUT2D eigenvalue weighted by molar-refractivity contribution is 7.12. The Labute approximate surface area is 163 Å². The van der Waals surface area contributed by atoms with E-state index in [1.165, 1.54) is 11.3 Å². The van der Waals surface area contributed by atoms with E-state index in [0.29, 0.717) is 0 Å². The van der Waals surface area contributed by atoms with E-state index in [4.69, 9.17) is 0 Å². The Morgan fingerprint density at radius 2 is 1.74 bits per heavy atom. The molecule has 1 aromatic heterocycles. The smallest absolute Gasteiger partial charge is 0.283 e. The number of nitrogens with one attached hydrogen (secondary N) is 1. The van der Waals surface area contributed by atoms with Crippen molar-refractivity contribution < 1.29 is 4.79 Å². The summed E-state index contributed by atoms with van der Waals surface area (Å²) in [5.41, 5.74) is 7.54. The van der Waals surface area contributed by atoms with Crippen LogP contribution in [0.3, 0.4) is 0 Å². The number of hydrogen-bond acceptors (Lipinski definition) is 4. The Kier molecular flexibility index (Phi) is 4.69. The number of amides is 1. The molecule has 0 saturated carbocycles. The van der Waals surface area contributed by atoms with Crippen LogP contribution < -0.4 is 10.3 Å². The summed E-state index contributed by atoms with van der Waals surface area (Å²) in [5, 5.41) is 3.65. The van der Waals surface area contributed by atoms with Gasteiger partial charge >= 0.3 is 0 Å². The Morgan fingerprint density at radius 1 is 1.00 bits per heavy atom. The molecule has 0 fully saturated rings. The standard InChI is InChI=1S/C22H21N3OS/c1-24(2)18-12-10-17(11-13-18)20-15-19(16-7-4-3-5-8-16)23-25(20)22(26)21-9-6-14-27-21/h3-15,20,23H,1-2H3. The van der Waals surface area contributed by atoms with Crippen molar-refractivity contribution >= 4 is 28.6 Å². The minimum atomic E-state index is -0.161. The highest BCUT2D eigenvalue weighted by atomic mass is 32.1. The zero-order chi connectivity index (χ0) is 18.8. The van der Waals surface area contributed by atoms with Gasteiger partial charge in [0.05, 0.1) is 16.6 Å². The number of benzene rings is 2. The van der Waals surface area contributed by atoms with Crippen LogP contribution in [0.2, 0.25) is 0 Å². The first kappa shape index (κ1) is 17.4. The molecule has 136 valence electrons. The normalized spacial score (nSPS) is 16.0. The van der Waals surface area contributed by atoms with E-state index < -0.39 is 0 Å². The summed E-state index contributed by atoms with van der Waals surface area (Å²) in [6.45, 7) is 0. The van der Waals surface area contributed by atoms with Gasteiger partial charge in [0.15, 0.2) is 0 Å². The van der Waals surface area contributed by atoms with Gasteiger partial charge in [-0.2, -0.15) is 0 Å². The maximum atomic E-state index is 13.1. The molecule has 4 nitrogen and oxygen atoms in total. The molecule has 27 heavy (non-hydrogen) atoms. The second-order valence-corrected chi connectivity index (χ2v) is 7.59. The van der Waals surface area contributed by atoms with Crippen LogP contribution in [-0.2, 0) is 0 Å². The van der Waals surface area contributed by atoms with Gasteiger partial charge in [-0.1, -0.05) is 48.5 Å². The summed E-state index contributed by atoms with van der Waals surface area (Å²) < 4.78 is 0. The number of thiophene rings is 1. The van der Waals surface area contributed by atoms with E-state index in [0.717, 1.165) is 27.4 Å². The summed E-state index contributed by atoms with van der Waals surface area (Å²) in [6.07, 6.45) is 2.12. The van der Waals surface area contributed by atoms with E-state index in [2.05, 4.69) is 40.7 Å². The highest BCUT2D eigenvalue weighted by Crippen LogP contribution is 2.33. The Morgan fingerprint density at radius 3 is 2.37 bits per heavy atom. The number of anilines is 1. The first-order chi connectivity index (χ1) is 13.1. The largest absolute Gasteiger partial charge is 0.378 e. The monoisotopic (exact) mass is 375 g/mol. The molecule has 0 radical (unpaired) electrons. The lowest BCUT2D eigenvalue weighted by atomic mass is 10.0. The molecule has 4 rings (SSSR count). The summed E-state index contributed by atoms with van der Waals surface area (Å²) >= 11 is 1.46. The molecule has 1 atom stereocenters. The van der Waals surface area contributed by atoms with Gasteiger partial charge in [0.25, 0.3) is 5.91 Å². The van der Waals surface area contributed by atoms with Gasteiger partial charge in [0.1, 0.15) is 0 Å². The third-order valence-corrected chi connectivity index (χ3v) is 5.49. The van der Waals surface area contributed by atoms with Crippen molar-refractivity contribution in [3.05, 3.63) is 94.2 Å². The number of hydrogen-bond donors (Lipinski definition) is 1. The van der Waals surface area contributed by atoms with Crippen LogP contribution in [0.4, 0.5) is 5.69 Å². The molecule has 0 saturated heterocycles. The van der Waals surface area contributed by atoms with E-state index in [1.54, 1.807) is 5.01 Å². The molecule has 5 heteroatoms. The van der Waals surface area contributed by atoms with Crippen LogP contribution in [0, 0.1) is 0 Å². The Balaban J connectivity index is 1.70. The van der Waals surface area contributed by atoms with Crippen LogP contribution >= 0.6 is 11.3 Å². The van der Waals surface area contributed by atoms with Crippen molar-refractivity contribution in [1.29, 1.82) is 0 Å². The van der Waals surface area contributed by atoms with Crippen LogP contribution in [0.25, 0.3) is 5.70 Å². The fourth-order valence-corrected chi connectivity index (χ4v) is 3.82. The van der Waals surface area contributed by atoms with Crippen molar-refractivity contribution in [3.8, 4) is 0 Å². The second kappa shape index (κ2) is 7.29. The van der Waals surface area contributed by atoms with E-state index in [1.807, 2.05) is 61.9 Å². The summed E-state index contributed by atoms with van der Waals surface area (Å²) in [7, 11) is 4.04. The molecule has 0 bridgehead atoms. The van der Waals surface area contributed by atoms with Crippen molar-refractivity contribution in [2.75, 3.05) is 19.0 Å². The Hall–Kier alpha value is -3.05. The quantitative estimate of drug-likeness (QED) is 0.726. The molecular formula is C22H21N3OS. The van der Waals surface area contributed by atoms with Crippen molar-refractivity contribution in [1.82, 2.24) is 10.4 Å².